The highest BCUT2D eigenvalue weighted by molar-refractivity contribution is 5.96. The third-order valence-electron chi connectivity index (χ3n) is 4.46. The van der Waals surface area contributed by atoms with Gasteiger partial charge in [0, 0.05) is 24.7 Å². The molecule has 0 bridgehead atoms. The summed E-state index contributed by atoms with van der Waals surface area (Å²) in [5.41, 5.74) is 3.17. The van der Waals surface area contributed by atoms with Gasteiger partial charge in [0.2, 0.25) is 0 Å². The zero-order valence-corrected chi connectivity index (χ0v) is 13.8. The van der Waals surface area contributed by atoms with Gasteiger partial charge in [0.05, 0.1) is 0 Å². The van der Waals surface area contributed by atoms with Crippen molar-refractivity contribution in [3.05, 3.63) is 34.9 Å². The molecule has 1 aliphatic rings. The van der Waals surface area contributed by atoms with E-state index in [1.165, 1.54) is 12.0 Å². The first-order valence-electron chi connectivity index (χ1n) is 8.08. The van der Waals surface area contributed by atoms with Crippen molar-refractivity contribution in [3.63, 3.8) is 0 Å². The number of hydrogen-bond acceptors (Lipinski definition) is 2. The predicted molar refractivity (Wildman–Crippen MR) is 87.7 cm³/mol. The number of carbonyl (C=O) groups excluding carboxylic acids is 1. The second-order valence-corrected chi connectivity index (χ2v) is 6.57. The topological polar surface area (TPSA) is 32.3 Å². The number of hydrogen-bond donors (Lipinski definition) is 1. The van der Waals surface area contributed by atoms with Crippen LogP contribution in [-0.2, 0) is 0 Å². The zero-order chi connectivity index (χ0) is 15.4. The van der Waals surface area contributed by atoms with E-state index in [4.69, 9.17) is 0 Å². The van der Waals surface area contributed by atoms with Crippen LogP contribution >= 0.6 is 0 Å². The molecule has 0 aliphatic carbocycles. The number of carbonyl (C=O) groups is 1. The number of amides is 1. The SMILES string of the molecule is Cc1cccc(C(=O)N2CCCC(CNC(C)C)C2)c1C. The molecule has 1 aliphatic heterocycles. The Labute approximate surface area is 128 Å². The Balaban J connectivity index is 2.03. The van der Waals surface area contributed by atoms with Gasteiger partial charge in [-0.2, -0.15) is 0 Å². The summed E-state index contributed by atoms with van der Waals surface area (Å²) in [7, 11) is 0. The quantitative estimate of drug-likeness (QED) is 0.923. The van der Waals surface area contributed by atoms with Crippen LogP contribution in [0.5, 0.6) is 0 Å². The van der Waals surface area contributed by atoms with Crippen LogP contribution < -0.4 is 5.32 Å². The van der Waals surface area contributed by atoms with Crippen LogP contribution in [0.15, 0.2) is 18.2 Å². The molecule has 1 amide bonds. The minimum atomic E-state index is 0.199. The van der Waals surface area contributed by atoms with Crippen LogP contribution in [0.2, 0.25) is 0 Å². The largest absolute Gasteiger partial charge is 0.338 e. The van der Waals surface area contributed by atoms with Crippen LogP contribution in [0, 0.1) is 19.8 Å². The number of rotatable bonds is 4. The highest BCUT2D eigenvalue weighted by Gasteiger charge is 2.25. The molecular weight excluding hydrogens is 260 g/mol. The summed E-state index contributed by atoms with van der Waals surface area (Å²) in [4.78, 5) is 14.8. The van der Waals surface area contributed by atoms with Crippen molar-refractivity contribution in [2.45, 2.75) is 46.6 Å². The summed E-state index contributed by atoms with van der Waals surface area (Å²) in [6.45, 7) is 11.2. The van der Waals surface area contributed by atoms with Gasteiger partial charge in [0.25, 0.3) is 5.91 Å². The Bertz CT molecular complexity index is 496. The van der Waals surface area contributed by atoms with Crippen molar-refractivity contribution in [3.8, 4) is 0 Å². The maximum atomic E-state index is 12.8. The normalized spacial score (nSPS) is 19.1. The minimum Gasteiger partial charge on any atom is -0.338 e. The Morgan fingerprint density at radius 3 is 2.86 bits per heavy atom. The maximum Gasteiger partial charge on any atom is 0.254 e. The number of benzene rings is 1. The molecule has 1 saturated heterocycles. The summed E-state index contributed by atoms with van der Waals surface area (Å²) in [5.74, 6) is 0.778. The minimum absolute atomic E-state index is 0.199. The highest BCUT2D eigenvalue weighted by atomic mass is 16.2. The molecule has 1 aromatic rings. The summed E-state index contributed by atoms with van der Waals surface area (Å²) in [6.07, 6.45) is 2.33. The van der Waals surface area contributed by atoms with Crippen LogP contribution in [0.3, 0.4) is 0 Å². The van der Waals surface area contributed by atoms with Crippen LogP contribution in [-0.4, -0.2) is 36.5 Å². The van der Waals surface area contributed by atoms with E-state index in [0.717, 1.165) is 37.2 Å². The fourth-order valence-corrected chi connectivity index (χ4v) is 2.97. The van der Waals surface area contributed by atoms with Gasteiger partial charge >= 0.3 is 0 Å². The molecule has 3 nitrogen and oxygen atoms in total. The van der Waals surface area contributed by atoms with Gasteiger partial charge in [-0.25, -0.2) is 0 Å². The number of piperidine rings is 1. The molecule has 21 heavy (non-hydrogen) atoms. The molecule has 0 radical (unpaired) electrons. The first-order valence-corrected chi connectivity index (χ1v) is 8.08. The van der Waals surface area contributed by atoms with E-state index in [9.17, 15) is 4.79 Å². The van der Waals surface area contributed by atoms with E-state index < -0.39 is 0 Å². The molecule has 1 N–H and O–H groups in total. The van der Waals surface area contributed by atoms with Gasteiger partial charge in [-0.15, -0.1) is 0 Å². The Kier molecular flexibility index (Phi) is 5.40. The van der Waals surface area contributed by atoms with Gasteiger partial charge in [-0.05, 0) is 56.3 Å². The molecule has 0 aromatic heterocycles. The second kappa shape index (κ2) is 7.08. The Morgan fingerprint density at radius 2 is 2.14 bits per heavy atom. The molecule has 1 atom stereocenters. The number of nitrogens with one attached hydrogen (secondary N) is 1. The molecule has 1 heterocycles. The van der Waals surface area contributed by atoms with Crippen molar-refractivity contribution in [1.82, 2.24) is 10.2 Å². The van der Waals surface area contributed by atoms with Crippen molar-refractivity contribution < 1.29 is 4.79 Å². The molecule has 0 spiro atoms. The molecule has 2 rings (SSSR count). The highest BCUT2D eigenvalue weighted by Crippen LogP contribution is 2.21. The molecule has 0 saturated carbocycles. The van der Waals surface area contributed by atoms with Crippen LogP contribution in [0.4, 0.5) is 0 Å². The lowest BCUT2D eigenvalue weighted by atomic mass is 9.96. The van der Waals surface area contributed by atoms with Gasteiger partial charge < -0.3 is 10.2 Å². The first-order chi connectivity index (χ1) is 9.99. The number of nitrogens with zero attached hydrogens (tertiary/aromatic N) is 1. The smallest absolute Gasteiger partial charge is 0.254 e. The number of likely N-dealkylation sites (tertiary alicyclic amines) is 1. The van der Waals surface area contributed by atoms with Crippen molar-refractivity contribution in [2.75, 3.05) is 19.6 Å². The number of aryl methyl sites for hydroxylation is 1. The summed E-state index contributed by atoms with van der Waals surface area (Å²) < 4.78 is 0. The van der Waals surface area contributed by atoms with Crippen molar-refractivity contribution >= 4 is 5.91 Å². The summed E-state index contributed by atoms with van der Waals surface area (Å²) >= 11 is 0. The van der Waals surface area contributed by atoms with Gasteiger partial charge in [0.1, 0.15) is 0 Å². The summed E-state index contributed by atoms with van der Waals surface area (Å²) in [6, 6.07) is 6.52. The third-order valence-corrected chi connectivity index (χ3v) is 4.46. The second-order valence-electron chi connectivity index (χ2n) is 6.57. The fraction of sp³-hybridized carbons (Fsp3) is 0.611. The fourth-order valence-electron chi connectivity index (χ4n) is 2.97. The molecule has 3 heteroatoms. The van der Waals surface area contributed by atoms with Crippen LogP contribution in [0.1, 0.15) is 48.2 Å². The van der Waals surface area contributed by atoms with E-state index in [1.54, 1.807) is 0 Å². The van der Waals surface area contributed by atoms with E-state index in [1.807, 2.05) is 24.0 Å². The zero-order valence-electron chi connectivity index (χ0n) is 13.8. The average Bonchev–Trinajstić information content (AvgIpc) is 2.47. The van der Waals surface area contributed by atoms with E-state index >= 15 is 0 Å². The molecule has 1 aromatic carbocycles. The molecular formula is C18H28N2O. The lowest BCUT2D eigenvalue weighted by molar-refractivity contribution is 0.0671. The third kappa shape index (κ3) is 4.07. The average molecular weight is 288 g/mol. The Hall–Kier alpha value is -1.35. The molecule has 1 fully saturated rings. The maximum absolute atomic E-state index is 12.8. The van der Waals surface area contributed by atoms with Gasteiger partial charge in [0.15, 0.2) is 0 Å². The van der Waals surface area contributed by atoms with E-state index in [2.05, 4.69) is 32.2 Å². The molecule has 116 valence electrons. The van der Waals surface area contributed by atoms with E-state index in [-0.39, 0.29) is 5.91 Å². The predicted octanol–water partition coefficient (Wildman–Crippen LogP) is 3.15. The Morgan fingerprint density at radius 1 is 1.38 bits per heavy atom. The molecule has 1 unspecified atom stereocenters. The van der Waals surface area contributed by atoms with Crippen molar-refractivity contribution in [2.24, 2.45) is 5.92 Å². The standard InChI is InChI=1S/C18H28N2O/c1-13(2)19-11-16-8-6-10-20(12-16)18(21)17-9-5-7-14(3)15(17)4/h5,7,9,13,16,19H,6,8,10-12H2,1-4H3. The summed E-state index contributed by atoms with van der Waals surface area (Å²) in [5, 5.41) is 3.50. The lowest BCUT2D eigenvalue weighted by Gasteiger charge is -2.33. The van der Waals surface area contributed by atoms with Gasteiger partial charge in [-0.1, -0.05) is 26.0 Å². The lowest BCUT2D eigenvalue weighted by Crippen LogP contribution is -2.44. The monoisotopic (exact) mass is 288 g/mol. The van der Waals surface area contributed by atoms with E-state index in [0.29, 0.717) is 12.0 Å². The van der Waals surface area contributed by atoms with Gasteiger partial charge in [-0.3, -0.25) is 4.79 Å². The van der Waals surface area contributed by atoms with Crippen molar-refractivity contribution in [1.29, 1.82) is 0 Å². The first kappa shape index (κ1) is 16.0. The van der Waals surface area contributed by atoms with Crippen LogP contribution in [0.25, 0.3) is 0 Å².